The summed E-state index contributed by atoms with van der Waals surface area (Å²) in [5.41, 5.74) is 0. The minimum absolute atomic E-state index is 0.0151. The summed E-state index contributed by atoms with van der Waals surface area (Å²) in [6, 6.07) is -1.03. The largest absolute Gasteiger partial charge is 0.481 e. The first kappa shape index (κ1) is 18.9. The number of carboxylic acids is 1. The first-order valence-electron chi connectivity index (χ1n) is 6.70. The molecule has 0 fully saturated rings. The van der Waals surface area contributed by atoms with Crippen molar-refractivity contribution in [3.63, 3.8) is 0 Å². The Morgan fingerprint density at radius 1 is 1.25 bits per heavy atom. The molecule has 2 atom stereocenters. The van der Waals surface area contributed by atoms with Crippen molar-refractivity contribution in [3.8, 4) is 0 Å². The highest BCUT2D eigenvalue weighted by Gasteiger charge is 2.20. The van der Waals surface area contributed by atoms with Crippen LogP contribution in [-0.2, 0) is 19.6 Å². The standard InChI is InChI=1S/C12H24N2O5S/c1-4-8-20(18,19)14-10(3)12(17)13-9(2)6-5-7-11(15)16/h9-10,14H,4-8H2,1-3H3,(H,13,17)(H,15,16). The minimum atomic E-state index is -3.43. The molecule has 0 aliphatic heterocycles. The van der Waals surface area contributed by atoms with E-state index in [1.807, 2.05) is 0 Å². The zero-order valence-corrected chi connectivity index (χ0v) is 13.0. The van der Waals surface area contributed by atoms with Crippen LogP contribution < -0.4 is 10.0 Å². The lowest BCUT2D eigenvalue weighted by Crippen LogP contribution is -2.47. The Morgan fingerprint density at radius 3 is 2.35 bits per heavy atom. The van der Waals surface area contributed by atoms with Gasteiger partial charge in [-0.2, -0.15) is 0 Å². The number of carbonyl (C=O) groups is 2. The van der Waals surface area contributed by atoms with Gasteiger partial charge in [-0.1, -0.05) is 6.92 Å². The molecule has 0 heterocycles. The molecule has 1 amide bonds. The zero-order valence-electron chi connectivity index (χ0n) is 12.2. The maximum Gasteiger partial charge on any atom is 0.303 e. The molecule has 0 aromatic heterocycles. The van der Waals surface area contributed by atoms with E-state index in [-0.39, 0.29) is 18.2 Å². The predicted molar refractivity (Wildman–Crippen MR) is 75.8 cm³/mol. The SMILES string of the molecule is CCCS(=O)(=O)NC(C)C(=O)NC(C)CCCC(=O)O. The molecule has 0 bridgehead atoms. The summed E-state index contributed by atoms with van der Waals surface area (Å²) < 4.78 is 25.3. The summed E-state index contributed by atoms with van der Waals surface area (Å²) in [5.74, 6) is -1.30. The topological polar surface area (TPSA) is 113 Å². The molecule has 0 radical (unpaired) electrons. The lowest BCUT2D eigenvalue weighted by Gasteiger charge is -2.18. The third-order valence-corrected chi connectivity index (χ3v) is 4.30. The molecule has 3 N–H and O–H groups in total. The van der Waals surface area contributed by atoms with E-state index in [0.29, 0.717) is 19.3 Å². The highest BCUT2D eigenvalue weighted by atomic mass is 32.2. The second-order valence-electron chi connectivity index (χ2n) is 4.85. The molecule has 0 saturated carbocycles. The molecule has 8 heteroatoms. The summed E-state index contributed by atoms with van der Waals surface area (Å²) in [6.45, 7) is 4.98. The van der Waals surface area contributed by atoms with Crippen molar-refractivity contribution in [2.45, 2.75) is 58.5 Å². The van der Waals surface area contributed by atoms with E-state index < -0.39 is 27.9 Å². The number of amides is 1. The third kappa shape index (κ3) is 8.87. The minimum Gasteiger partial charge on any atom is -0.481 e. The van der Waals surface area contributed by atoms with E-state index in [0.717, 1.165) is 0 Å². The van der Waals surface area contributed by atoms with Gasteiger partial charge in [0, 0.05) is 12.5 Å². The molecule has 0 spiro atoms. The number of nitrogens with one attached hydrogen (secondary N) is 2. The van der Waals surface area contributed by atoms with Crippen LogP contribution >= 0.6 is 0 Å². The van der Waals surface area contributed by atoms with Gasteiger partial charge < -0.3 is 10.4 Å². The van der Waals surface area contributed by atoms with Crippen molar-refractivity contribution in [2.75, 3.05) is 5.75 Å². The van der Waals surface area contributed by atoms with Gasteiger partial charge in [0.15, 0.2) is 0 Å². The molecule has 0 aliphatic rings. The van der Waals surface area contributed by atoms with E-state index in [2.05, 4.69) is 10.0 Å². The van der Waals surface area contributed by atoms with Gasteiger partial charge >= 0.3 is 5.97 Å². The Hall–Kier alpha value is -1.15. The van der Waals surface area contributed by atoms with E-state index >= 15 is 0 Å². The fraction of sp³-hybridized carbons (Fsp3) is 0.833. The van der Waals surface area contributed by atoms with Gasteiger partial charge in [0.05, 0.1) is 11.8 Å². The van der Waals surface area contributed by atoms with Crippen molar-refractivity contribution < 1.29 is 23.1 Å². The van der Waals surface area contributed by atoms with Crippen molar-refractivity contribution in [1.29, 1.82) is 0 Å². The van der Waals surface area contributed by atoms with Gasteiger partial charge in [0.25, 0.3) is 0 Å². The highest BCUT2D eigenvalue weighted by Crippen LogP contribution is 2.01. The second-order valence-corrected chi connectivity index (χ2v) is 6.73. The maximum absolute atomic E-state index is 11.8. The molecular weight excluding hydrogens is 284 g/mol. The summed E-state index contributed by atoms with van der Waals surface area (Å²) in [5, 5.41) is 11.2. The van der Waals surface area contributed by atoms with Gasteiger partial charge in [-0.3, -0.25) is 9.59 Å². The van der Waals surface area contributed by atoms with Crippen molar-refractivity contribution >= 4 is 21.9 Å². The van der Waals surface area contributed by atoms with Gasteiger partial charge in [0.1, 0.15) is 0 Å². The van der Waals surface area contributed by atoms with Crippen molar-refractivity contribution in [2.24, 2.45) is 0 Å². The first-order chi connectivity index (χ1) is 9.18. The van der Waals surface area contributed by atoms with Crippen LogP contribution in [0.5, 0.6) is 0 Å². The maximum atomic E-state index is 11.8. The van der Waals surface area contributed by atoms with Gasteiger partial charge in [-0.15, -0.1) is 0 Å². The van der Waals surface area contributed by atoms with Crippen LogP contribution in [0.15, 0.2) is 0 Å². The van der Waals surface area contributed by atoms with E-state index in [1.165, 1.54) is 6.92 Å². The van der Waals surface area contributed by atoms with Gasteiger partial charge in [0.2, 0.25) is 15.9 Å². The number of sulfonamides is 1. The summed E-state index contributed by atoms with van der Waals surface area (Å²) in [7, 11) is -3.43. The van der Waals surface area contributed by atoms with E-state index in [9.17, 15) is 18.0 Å². The lowest BCUT2D eigenvalue weighted by molar-refractivity contribution is -0.137. The molecular formula is C12H24N2O5S. The molecule has 7 nitrogen and oxygen atoms in total. The van der Waals surface area contributed by atoms with Crippen molar-refractivity contribution in [3.05, 3.63) is 0 Å². The second kappa shape index (κ2) is 8.91. The average molecular weight is 308 g/mol. The summed E-state index contributed by atoms with van der Waals surface area (Å²) in [4.78, 5) is 22.1. The number of hydrogen-bond donors (Lipinski definition) is 3. The molecule has 2 unspecified atom stereocenters. The zero-order chi connectivity index (χ0) is 15.8. The van der Waals surface area contributed by atoms with Crippen LogP contribution in [0.25, 0.3) is 0 Å². The van der Waals surface area contributed by atoms with E-state index in [1.54, 1.807) is 13.8 Å². The Labute approximate surface area is 120 Å². The quantitative estimate of drug-likeness (QED) is 0.543. The molecule has 0 rings (SSSR count). The van der Waals surface area contributed by atoms with Gasteiger partial charge in [-0.25, -0.2) is 13.1 Å². The number of rotatable bonds is 10. The average Bonchev–Trinajstić information content (AvgIpc) is 2.27. The lowest BCUT2D eigenvalue weighted by atomic mass is 10.1. The Bertz CT molecular complexity index is 422. The predicted octanol–water partition coefficient (Wildman–Crippen LogP) is 0.464. The van der Waals surface area contributed by atoms with Crippen LogP contribution in [0.1, 0.15) is 46.5 Å². The van der Waals surface area contributed by atoms with E-state index in [4.69, 9.17) is 5.11 Å². The molecule has 20 heavy (non-hydrogen) atoms. The molecule has 118 valence electrons. The third-order valence-electron chi connectivity index (χ3n) is 2.64. The fourth-order valence-electron chi connectivity index (χ4n) is 1.65. The van der Waals surface area contributed by atoms with Crippen LogP contribution in [0.4, 0.5) is 0 Å². The van der Waals surface area contributed by atoms with Crippen LogP contribution in [0.2, 0.25) is 0 Å². The Balaban J connectivity index is 4.16. The highest BCUT2D eigenvalue weighted by molar-refractivity contribution is 7.89. The fourth-order valence-corrected chi connectivity index (χ4v) is 2.95. The summed E-state index contributed by atoms with van der Waals surface area (Å²) >= 11 is 0. The molecule has 0 aromatic rings. The monoisotopic (exact) mass is 308 g/mol. The number of carbonyl (C=O) groups excluding carboxylic acids is 1. The molecule has 0 saturated heterocycles. The van der Waals surface area contributed by atoms with Crippen LogP contribution in [0, 0.1) is 0 Å². The molecule has 0 aliphatic carbocycles. The Kier molecular flexibility index (Phi) is 8.40. The van der Waals surface area contributed by atoms with Crippen LogP contribution in [-0.4, -0.2) is 43.2 Å². The number of carboxylic acid groups (broad SMARTS) is 1. The number of hydrogen-bond acceptors (Lipinski definition) is 4. The first-order valence-corrected chi connectivity index (χ1v) is 8.35. The normalized spacial score (nSPS) is 14.6. The van der Waals surface area contributed by atoms with Crippen molar-refractivity contribution in [1.82, 2.24) is 10.0 Å². The smallest absolute Gasteiger partial charge is 0.303 e. The van der Waals surface area contributed by atoms with Gasteiger partial charge in [-0.05, 0) is 33.1 Å². The Morgan fingerprint density at radius 2 is 1.85 bits per heavy atom. The van der Waals surface area contributed by atoms with Crippen LogP contribution in [0.3, 0.4) is 0 Å². The summed E-state index contributed by atoms with van der Waals surface area (Å²) in [6.07, 6.45) is 1.54. The number of aliphatic carboxylic acids is 1. The molecule has 0 aromatic carbocycles.